The Kier molecular flexibility index (Phi) is 5.50. The molecular formula is C48H36. The van der Waals surface area contributed by atoms with Crippen LogP contribution in [-0.2, 0) is 10.8 Å². The molecule has 0 heteroatoms. The van der Waals surface area contributed by atoms with Crippen LogP contribution in [0.5, 0.6) is 0 Å². The molecule has 8 aromatic rings. The van der Waals surface area contributed by atoms with Gasteiger partial charge in [0.15, 0.2) is 0 Å². The van der Waals surface area contributed by atoms with Gasteiger partial charge in [-0.1, -0.05) is 149 Å². The highest BCUT2D eigenvalue weighted by Gasteiger charge is 2.40. The smallest absolute Gasteiger partial charge is 0.0159 e. The standard InChI is InChI=1S/C48H36/c1-47(2)41-20-12-11-17-35(41)36-24-23-32(26-42(36)47)40-28-44-46(38-19-10-8-16-34(38)40)45-37-18-9-7-15-33(37)39(27-43(45)48(44,3)4)31-22-21-29-13-5-6-14-30(29)25-31/h5-28H,1-4H3. The summed E-state index contributed by atoms with van der Waals surface area (Å²) < 4.78 is 0. The van der Waals surface area contributed by atoms with Crippen molar-refractivity contribution in [1.29, 1.82) is 0 Å². The van der Waals surface area contributed by atoms with Gasteiger partial charge in [0.1, 0.15) is 0 Å². The molecule has 0 nitrogen and oxygen atoms in total. The molecule has 0 unspecified atom stereocenters. The van der Waals surface area contributed by atoms with E-state index in [0.717, 1.165) is 0 Å². The zero-order valence-electron chi connectivity index (χ0n) is 27.9. The van der Waals surface area contributed by atoms with Gasteiger partial charge in [-0.2, -0.15) is 0 Å². The minimum Gasteiger partial charge on any atom is -0.0619 e. The minimum atomic E-state index is -0.175. The van der Waals surface area contributed by atoms with Crippen LogP contribution in [-0.4, -0.2) is 0 Å². The average molecular weight is 613 g/mol. The topological polar surface area (TPSA) is 0 Å². The lowest BCUT2D eigenvalue weighted by Gasteiger charge is -2.24. The van der Waals surface area contributed by atoms with Crippen molar-refractivity contribution in [3.63, 3.8) is 0 Å². The zero-order chi connectivity index (χ0) is 32.4. The second-order valence-electron chi connectivity index (χ2n) is 14.9. The SMILES string of the molecule is CC1(C)c2ccccc2-c2ccc(-c3cc4c(c5ccccc35)-c3c(cc(-c5ccc6ccccc6c5)c5ccccc35)C4(C)C)cc21. The van der Waals surface area contributed by atoms with Crippen LogP contribution < -0.4 is 0 Å². The van der Waals surface area contributed by atoms with E-state index in [1.54, 1.807) is 0 Å². The third-order valence-corrected chi connectivity index (χ3v) is 11.6. The molecule has 0 atom stereocenters. The maximum Gasteiger partial charge on any atom is 0.0159 e. The molecule has 0 heterocycles. The average Bonchev–Trinajstić information content (AvgIpc) is 3.50. The van der Waals surface area contributed by atoms with E-state index in [2.05, 4.69) is 173 Å². The van der Waals surface area contributed by atoms with Crippen LogP contribution in [0.15, 0.2) is 146 Å². The van der Waals surface area contributed by atoms with Gasteiger partial charge in [-0.15, -0.1) is 0 Å². The second-order valence-corrected chi connectivity index (χ2v) is 14.9. The van der Waals surface area contributed by atoms with Crippen LogP contribution in [0.4, 0.5) is 0 Å². The first-order valence-electron chi connectivity index (χ1n) is 17.2. The van der Waals surface area contributed by atoms with Crippen molar-refractivity contribution in [2.45, 2.75) is 38.5 Å². The summed E-state index contributed by atoms with van der Waals surface area (Å²) in [5.74, 6) is 0. The van der Waals surface area contributed by atoms with Crippen molar-refractivity contribution < 1.29 is 0 Å². The number of rotatable bonds is 2. The Hall–Kier alpha value is -5.46. The second kappa shape index (κ2) is 9.55. The third kappa shape index (κ3) is 3.61. The lowest BCUT2D eigenvalue weighted by molar-refractivity contribution is 0.660. The summed E-state index contributed by atoms with van der Waals surface area (Å²) in [7, 11) is 0. The van der Waals surface area contributed by atoms with Gasteiger partial charge in [-0.25, -0.2) is 0 Å². The summed E-state index contributed by atoms with van der Waals surface area (Å²) in [6.45, 7) is 9.61. The number of hydrogen-bond acceptors (Lipinski definition) is 0. The van der Waals surface area contributed by atoms with E-state index < -0.39 is 0 Å². The zero-order valence-corrected chi connectivity index (χ0v) is 27.9. The van der Waals surface area contributed by atoms with Gasteiger partial charge in [0.2, 0.25) is 0 Å². The molecule has 10 rings (SSSR count). The Morgan fingerprint density at radius 3 is 1.46 bits per heavy atom. The van der Waals surface area contributed by atoms with E-state index in [9.17, 15) is 0 Å². The summed E-state index contributed by atoms with van der Waals surface area (Å²) in [4.78, 5) is 0. The van der Waals surface area contributed by atoms with E-state index in [-0.39, 0.29) is 10.8 Å². The molecule has 0 fully saturated rings. The maximum atomic E-state index is 2.53. The molecule has 2 aliphatic rings. The van der Waals surface area contributed by atoms with Crippen LogP contribution in [0.3, 0.4) is 0 Å². The predicted octanol–water partition coefficient (Wildman–Crippen LogP) is 13.1. The highest BCUT2D eigenvalue weighted by atomic mass is 14.4. The van der Waals surface area contributed by atoms with Crippen LogP contribution in [0.25, 0.3) is 76.8 Å². The van der Waals surface area contributed by atoms with Crippen LogP contribution in [0.2, 0.25) is 0 Å². The van der Waals surface area contributed by atoms with Crippen molar-refractivity contribution in [2.24, 2.45) is 0 Å². The van der Waals surface area contributed by atoms with Gasteiger partial charge in [-0.05, 0) is 123 Å². The Morgan fingerprint density at radius 1 is 0.312 bits per heavy atom. The molecule has 2 aliphatic carbocycles. The Bertz CT molecular complexity index is 2660. The Labute approximate surface area is 282 Å². The fraction of sp³-hybridized carbons (Fsp3) is 0.125. The maximum absolute atomic E-state index is 2.53. The van der Waals surface area contributed by atoms with Crippen molar-refractivity contribution in [3.8, 4) is 44.5 Å². The van der Waals surface area contributed by atoms with E-state index in [0.29, 0.717) is 0 Å². The van der Waals surface area contributed by atoms with E-state index in [1.807, 2.05) is 0 Å². The van der Waals surface area contributed by atoms with E-state index in [1.165, 1.54) is 99.1 Å². The Morgan fingerprint density at radius 2 is 0.792 bits per heavy atom. The first-order valence-corrected chi connectivity index (χ1v) is 17.2. The van der Waals surface area contributed by atoms with E-state index >= 15 is 0 Å². The van der Waals surface area contributed by atoms with Gasteiger partial charge in [0.05, 0.1) is 0 Å². The molecule has 48 heavy (non-hydrogen) atoms. The summed E-state index contributed by atoms with van der Waals surface area (Å²) in [5, 5.41) is 7.85. The van der Waals surface area contributed by atoms with Crippen LogP contribution in [0.1, 0.15) is 49.9 Å². The molecule has 0 saturated carbocycles. The highest BCUT2D eigenvalue weighted by Crippen LogP contribution is 2.57. The molecule has 0 N–H and O–H groups in total. The summed E-state index contributed by atoms with van der Waals surface area (Å²) in [6.07, 6.45) is 0. The normalized spacial score (nSPS) is 15.0. The predicted molar refractivity (Wildman–Crippen MR) is 205 cm³/mol. The van der Waals surface area contributed by atoms with Gasteiger partial charge >= 0.3 is 0 Å². The van der Waals surface area contributed by atoms with Crippen LogP contribution in [0, 0.1) is 0 Å². The molecule has 228 valence electrons. The molecular weight excluding hydrogens is 577 g/mol. The summed E-state index contributed by atoms with van der Waals surface area (Å²) in [6, 6.07) is 54.9. The fourth-order valence-electron chi connectivity index (χ4n) is 9.13. The van der Waals surface area contributed by atoms with Gasteiger partial charge < -0.3 is 0 Å². The fourth-order valence-corrected chi connectivity index (χ4v) is 9.13. The summed E-state index contributed by atoms with van der Waals surface area (Å²) >= 11 is 0. The minimum absolute atomic E-state index is 0.0396. The lowest BCUT2D eigenvalue weighted by Crippen LogP contribution is -2.16. The first-order chi connectivity index (χ1) is 23.3. The quantitative estimate of drug-likeness (QED) is 0.182. The van der Waals surface area contributed by atoms with Crippen molar-refractivity contribution in [2.75, 3.05) is 0 Å². The molecule has 0 amide bonds. The van der Waals surface area contributed by atoms with E-state index in [4.69, 9.17) is 0 Å². The molecule has 0 aromatic heterocycles. The number of benzene rings is 8. The van der Waals surface area contributed by atoms with Gasteiger partial charge in [-0.3, -0.25) is 0 Å². The molecule has 0 bridgehead atoms. The Balaban J connectivity index is 1.23. The van der Waals surface area contributed by atoms with Gasteiger partial charge in [0.25, 0.3) is 0 Å². The number of hydrogen-bond donors (Lipinski definition) is 0. The van der Waals surface area contributed by atoms with Crippen LogP contribution >= 0.6 is 0 Å². The first kappa shape index (κ1) is 27.6. The number of fused-ring (bicyclic) bond motifs is 11. The largest absolute Gasteiger partial charge is 0.0619 e. The molecule has 8 aromatic carbocycles. The third-order valence-electron chi connectivity index (χ3n) is 11.6. The van der Waals surface area contributed by atoms with Crippen molar-refractivity contribution >= 4 is 32.3 Å². The van der Waals surface area contributed by atoms with Crippen molar-refractivity contribution in [3.05, 3.63) is 168 Å². The molecule has 0 aliphatic heterocycles. The lowest BCUT2D eigenvalue weighted by atomic mass is 9.78. The molecule has 0 radical (unpaired) electrons. The molecule has 0 saturated heterocycles. The van der Waals surface area contributed by atoms with Crippen molar-refractivity contribution in [1.82, 2.24) is 0 Å². The highest BCUT2D eigenvalue weighted by molar-refractivity contribution is 6.17. The van der Waals surface area contributed by atoms with Gasteiger partial charge in [0, 0.05) is 10.8 Å². The summed E-state index contributed by atoms with van der Waals surface area (Å²) in [5.41, 5.74) is 16.1. The molecule has 0 spiro atoms. The monoisotopic (exact) mass is 612 g/mol.